The lowest BCUT2D eigenvalue weighted by Gasteiger charge is -2.13. The minimum Gasteiger partial charge on any atom is -0.497 e. The van der Waals surface area contributed by atoms with Crippen LogP contribution in [0, 0.1) is 0 Å². The largest absolute Gasteiger partial charge is 0.497 e. The lowest BCUT2D eigenvalue weighted by atomic mass is 10.1. The summed E-state index contributed by atoms with van der Waals surface area (Å²) in [6.45, 7) is 1.97. The van der Waals surface area contributed by atoms with E-state index in [2.05, 4.69) is 5.32 Å². The number of carbonyl (C=O) groups excluding carboxylic acids is 2. The zero-order valence-corrected chi connectivity index (χ0v) is 16.6. The van der Waals surface area contributed by atoms with Gasteiger partial charge in [0.1, 0.15) is 10.6 Å². The minimum atomic E-state index is -0.836. The first kappa shape index (κ1) is 19.4. The van der Waals surface area contributed by atoms with Gasteiger partial charge in [0, 0.05) is 11.4 Å². The number of esters is 1. The Bertz CT molecular complexity index is 774. The minimum absolute atomic E-state index is 0.308. The number of thiophene rings is 1. The quantitative estimate of drug-likeness (QED) is 0.603. The molecule has 1 atom stereocenters. The van der Waals surface area contributed by atoms with E-state index in [0.717, 1.165) is 24.2 Å². The van der Waals surface area contributed by atoms with E-state index in [-0.39, 0.29) is 5.91 Å². The SMILES string of the molecule is COc1ccc(CNC(=O)[C@H](C)OC(=O)c2cc3c(s2)CCCCC3)cc1. The van der Waals surface area contributed by atoms with Crippen LogP contribution in [0.2, 0.25) is 0 Å². The van der Waals surface area contributed by atoms with Gasteiger partial charge in [-0.2, -0.15) is 0 Å². The number of nitrogens with one attached hydrogen (secondary N) is 1. The first-order valence-corrected chi connectivity index (χ1v) is 10.1. The van der Waals surface area contributed by atoms with E-state index in [1.807, 2.05) is 30.3 Å². The highest BCUT2D eigenvalue weighted by molar-refractivity contribution is 7.14. The average Bonchev–Trinajstić information content (AvgIpc) is 2.97. The number of benzene rings is 1. The Kier molecular flexibility index (Phi) is 6.50. The highest BCUT2D eigenvalue weighted by Gasteiger charge is 2.22. The molecule has 0 fully saturated rings. The van der Waals surface area contributed by atoms with Gasteiger partial charge in [0.15, 0.2) is 6.10 Å². The van der Waals surface area contributed by atoms with Crippen LogP contribution in [-0.4, -0.2) is 25.1 Å². The molecule has 6 heteroatoms. The molecule has 0 aliphatic heterocycles. The van der Waals surface area contributed by atoms with Gasteiger partial charge in [0.05, 0.1) is 7.11 Å². The molecule has 1 aromatic carbocycles. The molecule has 1 aromatic heterocycles. The van der Waals surface area contributed by atoms with Crippen molar-refractivity contribution in [1.29, 1.82) is 0 Å². The molecule has 5 nitrogen and oxygen atoms in total. The Hall–Kier alpha value is -2.34. The number of fused-ring (bicyclic) bond motifs is 1. The van der Waals surface area contributed by atoms with E-state index in [0.29, 0.717) is 11.4 Å². The second kappa shape index (κ2) is 9.04. The molecule has 0 saturated heterocycles. The fraction of sp³-hybridized carbons (Fsp3) is 0.429. The maximum Gasteiger partial charge on any atom is 0.349 e. The number of rotatable bonds is 6. The van der Waals surface area contributed by atoms with Gasteiger partial charge in [-0.1, -0.05) is 18.6 Å². The Morgan fingerprint density at radius 2 is 1.89 bits per heavy atom. The van der Waals surface area contributed by atoms with Crippen LogP contribution in [0.4, 0.5) is 0 Å². The normalized spacial score (nSPS) is 14.6. The highest BCUT2D eigenvalue weighted by Crippen LogP contribution is 2.29. The van der Waals surface area contributed by atoms with Gasteiger partial charge < -0.3 is 14.8 Å². The fourth-order valence-electron chi connectivity index (χ4n) is 3.12. The van der Waals surface area contributed by atoms with Crippen molar-refractivity contribution in [1.82, 2.24) is 5.32 Å². The van der Waals surface area contributed by atoms with Crippen LogP contribution in [0.3, 0.4) is 0 Å². The molecular formula is C21H25NO4S. The van der Waals surface area contributed by atoms with E-state index >= 15 is 0 Å². The molecule has 3 rings (SSSR count). The molecule has 1 N–H and O–H groups in total. The molecule has 0 bridgehead atoms. The first-order chi connectivity index (χ1) is 13.1. The third-order valence-corrected chi connectivity index (χ3v) is 5.94. The Morgan fingerprint density at radius 3 is 2.63 bits per heavy atom. The average molecular weight is 388 g/mol. The standard InChI is InChI=1S/C21H25NO4S/c1-14(20(23)22-13-15-8-10-17(25-2)11-9-15)26-21(24)19-12-16-6-4-3-5-7-18(16)27-19/h8-12,14H,3-7,13H2,1-2H3,(H,22,23)/t14-/m0/s1. The number of methoxy groups -OCH3 is 1. The summed E-state index contributed by atoms with van der Waals surface area (Å²) in [5.41, 5.74) is 2.21. The van der Waals surface area contributed by atoms with Crippen LogP contribution in [0.1, 0.15) is 51.9 Å². The van der Waals surface area contributed by atoms with E-state index in [4.69, 9.17) is 9.47 Å². The summed E-state index contributed by atoms with van der Waals surface area (Å²) in [5.74, 6) is 0.0409. The molecule has 0 unspecified atom stereocenters. The maximum atomic E-state index is 12.4. The van der Waals surface area contributed by atoms with Crippen molar-refractivity contribution in [2.24, 2.45) is 0 Å². The van der Waals surface area contributed by atoms with Crippen molar-refractivity contribution < 1.29 is 19.1 Å². The second-order valence-corrected chi connectivity index (χ2v) is 7.87. The first-order valence-electron chi connectivity index (χ1n) is 9.30. The second-order valence-electron chi connectivity index (χ2n) is 6.73. The molecule has 1 heterocycles. The fourth-order valence-corrected chi connectivity index (χ4v) is 4.25. The highest BCUT2D eigenvalue weighted by atomic mass is 32.1. The predicted molar refractivity (Wildman–Crippen MR) is 105 cm³/mol. The monoisotopic (exact) mass is 387 g/mol. The summed E-state index contributed by atoms with van der Waals surface area (Å²) in [6.07, 6.45) is 4.81. The summed E-state index contributed by atoms with van der Waals surface area (Å²) >= 11 is 1.51. The smallest absolute Gasteiger partial charge is 0.349 e. The molecule has 1 aliphatic rings. The van der Waals surface area contributed by atoms with Gasteiger partial charge in [-0.3, -0.25) is 4.79 Å². The molecule has 27 heavy (non-hydrogen) atoms. The summed E-state index contributed by atoms with van der Waals surface area (Å²) in [7, 11) is 1.61. The molecule has 0 spiro atoms. The van der Waals surface area contributed by atoms with Crippen LogP contribution in [0.5, 0.6) is 5.75 Å². The number of amides is 1. The van der Waals surface area contributed by atoms with E-state index in [1.165, 1.54) is 41.0 Å². The Balaban J connectivity index is 1.52. The summed E-state index contributed by atoms with van der Waals surface area (Å²) < 4.78 is 10.5. The third kappa shape index (κ3) is 5.10. The van der Waals surface area contributed by atoms with Crippen molar-refractivity contribution in [3.8, 4) is 5.75 Å². The third-order valence-electron chi connectivity index (χ3n) is 4.73. The van der Waals surface area contributed by atoms with Crippen molar-refractivity contribution >= 4 is 23.2 Å². The number of hydrogen-bond acceptors (Lipinski definition) is 5. The van der Waals surface area contributed by atoms with Crippen molar-refractivity contribution in [3.63, 3.8) is 0 Å². The zero-order valence-electron chi connectivity index (χ0n) is 15.7. The van der Waals surface area contributed by atoms with Gasteiger partial charge in [0.2, 0.25) is 0 Å². The molecule has 144 valence electrons. The van der Waals surface area contributed by atoms with Gasteiger partial charge in [-0.15, -0.1) is 11.3 Å². The van der Waals surface area contributed by atoms with Crippen LogP contribution in [-0.2, 0) is 28.9 Å². The zero-order chi connectivity index (χ0) is 19.2. The van der Waals surface area contributed by atoms with Crippen LogP contribution >= 0.6 is 11.3 Å². The summed E-state index contributed by atoms with van der Waals surface area (Å²) in [6, 6.07) is 9.39. The number of ether oxygens (including phenoxy) is 2. The molecule has 2 aromatic rings. The topological polar surface area (TPSA) is 64.6 Å². The van der Waals surface area contributed by atoms with Gasteiger partial charge >= 0.3 is 5.97 Å². The lowest BCUT2D eigenvalue weighted by Crippen LogP contribution is -2.35. The van der Waals surface area contributed by atoms with Crippen molar-refractivity contribution in [3.05, 3.63) is 51.2 Å². The lowest BCUT2D eigenvalue weighted by molar-refractivity contribution is -0.129. The van der Waals surface area contributed by atoms with Crippen LogP contribution < -0.4 is 10.1 Å². The predicted octanol–water partition coefficient (Wildman–Crippen LogP) is 3.89. The number of hydrogen-bond donors (Lipinski definition) is 1. The van der Waals surface area contributed by atoms with E-state index in [9.17, 15) is 9.59 Å². The molecule has 0 saturated carbocycles. The van der Waals surface area contributed by atoms with Gasteiger partial charge in [-0.25, -0.2) is 4.79 Å². The Morgan fingerprint density at radius 1 is 1.15 bits per heavy atom. The molecular weight excluding hydrogens is 362 g/mol. The molecule has 1 aliphatic carbocycles. The van der Waals surface area contributed by atoms with Crippen molar-refractivity contribution in [2.45, 2.75) is 51.7 Å². The maximum absolute atomic E-state index is 12.4. The van der Waals surface area contributed by atoms with E-state index in [1.54, 1.807) is 14.0 Å². The molecule has 0 radical (unpaired) electrons. The Labute approximate surface area is 163 Å². The number of aryl methyl sites for hydroxylation is 2. The van der Waals surface area contributed by atoms with Gasteiger partial charge in [0.25, 0.3) is 5.91 Å². The van der Waals surface area contributed by atoms with Gasteiger partial charge in [-0.05, 0) is 61.9 Å². The van der Waals surface area contributed by atoms with Crippen molar-refractivity contribution in [2.75, 3.05) is 7.11 Å². The van der Waals surface area contributed by atoms with Crippen LogP contribution in [0.25, 0.3) is 0 Å². The van der Waals surface area contributed by atoms with Crippen LogP contribution in [0.15, 0.2) is 30.3 Å². The molecule has 1 amide bonds. The summed E-state index contributed by atoms with van der Waals surface area (Å²) in [5, 5.41) is 2.80. The number of carbonyl (C=O) groups is 2. The summed E-state index contributed by atoms with van der Waals surface area (Å²) in [4.78, 5) is 26.5. The van der Waals surface area contributed by atoms with E-state index < -0.39 is 12.1 Å².